The highest BCUT2D eigenvalue weighted by atomic mass is 16.2. The predicted octanol–water partition coefficient (Wildman–Crippen LogP) is 1.17. The Morgan fingerprint density at radius 3 is 2.00 bits per heavy atom. The summed E-state index contributed by atoms with van der Waals surface area (Å²) in [5.74, 6) is 0.347. The molecule has 1 fully saturated rings. The van der Waals surface area contributed by atoms with E-state index in [4.69, 9.17) is 0 Å². The molecule has 1 aliphatic rings. The normalized spacial score (nSPS) is 37.8. The molecule has 1 amide bonds. The highest BCUT2D eigenvalue weighted by Gasteiger charge is 2.43. The van der Waals surface area contributed by atoms with Gasteiger partial charge in [0.2, 0.25) is 5.91 Å². The van der Waals surface area contributed by atoms with Gasteiger partial charge in [0.05, 0.1) is 0 Å². The van der Waals surface area contributed by atoms with Crippen LogP contribution in [0.3, 0.4) is 0 Å². The first-order valence-electron chi connectivity index (χ1n) is 3.76. The molecule has 2 heteroatoms. The lowest BCUT2D eigenvalue weighted by molar-refractivity contribution is -0.123. The minimum Gasteiger partial charge on any atom is -0.353 e. The molecule has 1 rings (SSSR count). The van der Waals surface area contributed by atoms with E-state index < -0.39 is 0 Å². The number of nitrogens with one attached hydrogen (secondary N) is 1. The quantitative estimate of drug-likeness (QED) is 0.539. The number of carbonyl (C=O) groups excluding carboxylic acids is 1. The summed E-state index contributed by atoms with van der Waals surface area (Å²) in [4.78, 5) is 11.1. The van der Waals surface area contributed by atoms with Gasteiger partial charge in [-0.15, -0.1) is 0 Å². The molecule has 0 radical (unpaired) electrons. The summed E-state index contributed by atoms with van der Waals surface area (Å²) in [6, 6.07) is 0.315. The third-order valence-electron chi connectivity index (χ3n) is 2.98. The summed E-state index contributed by atoms with van der Waals surface area (Å²) in [5.41, 5.74) is 0.122. The highest BCUT2D eigenvalue weighted by molar-refractivity contribution is 5.82. The Morgan fingerprint density at radius 1 is 1.40 bits per heavy atom. The summed E-state index contributed by atoms with van der Waals surface area (Å²) in [6.07, 6.45) is 0. The number of amides is 1. The summed E-state index contributed by atoms with van der Waals surface area (Å²) < 4.78 is 0. The first-order valence-corrected chi connectivity index (χ1v) is 3.76. The summed E-state index contributed by atoms with van der Waals surface area (Å²) >= 11 is 0. The molecular weight excluding hydrogens is 126 g/mol. The second-order valence-electron chi connectivity index (χ2n) is 3.77. The van der Waals surface area contributed by atoms with E-state index in [2.05, 4.69) is 26.1 Å². The predicted molar refractivity (Wildman–Crippen MR) is 40.5 cm³/mol. The first-order chi connectivity index (χ1) is 4.46. The zero-order chi connectivity index (χ0) is 7.94. The van der Waals surface area contributed by atoms with Gasteiger partial charge >= 0.3 is 0 Å². The third kappa shape index (κ3) is 0.825. The van der Waals surface area contributed by atoms with Gasteiger partial charge in [-0.3, -0.25) is 4.79 Å². The number of carbonyl (C=O) groups is 1. The standard InChI is InChI=1S/C8H15NO/c1-5-7(10)9-6(2)8(5,3)4/h5-6H,1-4H3,(H,9,10). The smallest absolute Gasteiger partial charge is 0.223 e. The molecule has 2 nitrogen and oxygen atoms in total. The van der Waals surface area contributed by atoms with Crippen LogP contribution >= 0.6 is 0 Å². The zero-order valence-corrected chi connectivity index (χ0v) is 7.06. The van der Waals surface area contributed by atoms with Crippen molar-refractivity contribution >= 4 is 5.91 Å². The molecule has 0 aliphatic carbocycles. The second-order valence-corrected chi connectivity index (χ2v) is 3.77. The van der Waals surface area contributed by atoms with E-state index in [-0.39, 0.29) is 17.2 Å². The Morgan fingerprint density at radius 2 is 1.90 bits per heavy atom. The molecule has 2 atom stereocenters. The van der Waals surface area contributed by atoms with Crippen molar-refractivity contribution in [3.05, 3.63) is 0 Å². The summed E-state index contributed by atoms with van der Waals surface area (Å²) in [6.45, 7) is 8.29. The van der Waals surface area contributed by atoms with Crippen LogP contribution < -0.4 is 5.32 Å². The SMILES string of the molecule is CC1NC(=O)C(C)C1(C)C. The molecule has 1 saturated heterocycles. The van der Waals surface area contributed by atoms with Gasteiger partial charge in [-0.1, -0.05) is 20.8 Å². The van der Waals surface area contributed by atoms with Gasteiger partial charge in [0, 0.05) is 12.0 Å². The van der Waals surface area contributed by atoms with Crippen molar-refractivity contribution in [1.82, 2.24) is 5.32 Å². The van der Waals surface area contributed by atoms with E-state index in [9.17, 15) is 4.79 Å². The van der Waals surface area contributed by atoms with E-state index in [0.717, 1.165) is 0 Å². The van der Waals surface area contributed by atoms with Crippen LogP contribution in [0.15, 0.2) is 0 Å². The van der Waals surface area contributed by atoms with Gasteiger partial charge in [-0.05, 0) is 12.3 Å². The lowest BCUT2D eigenvalue weighted by Gasteiger charge is -2.25. The Balaban J connectivity index is 2.85. The van der Waals surface area contributed by atoms with Crippen LogP contribution in [-0.2, 0) is 4.79 Å². The molecule has 1 aliphatic heterocycles. The van der Waals surface area contributed by atoms with E-state index in [1.165, 1.54) is 0 Å². The van der Waals surface area contributed by atoms with Crippen molar-refractivity contribution in [2.24, 2.45) is 11.3 Å². The van der Waals surface area contributed by atoms with Crippen LogP contribution in [0, 0.1) is 11.3 Å². The summed E-state index contributed by atoms with van der Waals surface area (Å²) in [7, 11) is 0. The lowest BCUT2D eigenvalue weighted by Crippen LogP contribution is -2.30. The van der Waals surface area contributed by atoms with E-state index in [1.54, 1.807) is 0 Å². The molecule has 0 bridgehead atoms. The molecule has 0 aromatic rings. The first kappa shape index (κ1) is 7.58. The largest absolute Gasteiger partial charge is 0.353 e. The molecule has 0 aromatic heterocycles. The molecule has 0 spiro atoms. The van der Waals surface area contributed by atoms with Gasteiger partial charge in [0.25, 0.3) is 0 Å². The molecule has 0 aromatic carbocycles. The Bertz CT molecular complexity index is 163. The fourth-order valence-corrected chi connectivity index (χ4v) is 1.24. The minimum absolute atomic E-state index is 0.122. The molecule has 0 saturated carbocycles. The Kier molecular flexibility index (Phi) is 1.50. The fourth-order valence-electron chi connectivity index (χ4n) is 1.24. The van der Waals surface area contributed by atoms with Crippen LogP contribution in [0.2, 0.25) is 0 Å². The fraction of sp³-hybridized carbons (Fsp3) is 0.875. The van der Waals surface area contributed by atoms with Crippen LogP contribution in [0.4, 0.5) is 0 Å². The second kappa shape index (κ2) is 1.97. The molecule has 1 heterocycles. The summed E-state index contributed by atoms with van der Waals surface area (Å²) in [5, 5.41) is 2.92. The van der Waals surface area contributed by atoms with Crippen molar-refractivity contribution in [3.63, 3.8) is 0 Å². The van der Waals surface area contributed by atoms with E-state index >= 15 is 0 Å². The van der Waals surface area contributed by atoms with E-state index in [0.29, 0.717) is 6.04 Å². The average molecular weight is 141 g/mol. The molecular formula is C8H15NO. The number of hydrogen-bond donors (Lipinski definition) is 1. The van der Waals surface area contributed by atoms with Gasteiger partial charge in [0.1, 0.15) is 0 Å². The van der Waals surface area contributed by atoms with Gasteiger partial charge in [-0.25, -0.2) is 0 Å². The van der Waals surface area contributed by atoms with Crippen LogP contribution in [0.25, 0.3) is 0 Å². The maximum Gasteiger partial charge on any atom is 0.223 e. The molecule has 2 unspecified atom stereocenters. The molecule has 58 valence electrons. The lowest BCUT2D eigenvalue weighted by atomic mass is 9.78. The van der Waals surface area contributed by atoms with Crippen molar-refractivity contribution < 1.29 is 4.79 Å². The maximum absolute atomic E-state index is 11.1. The van der Waals surface area contributed by atoms with Crippen LogP contribution in [-0.4, -0.2) is 11.9 Å². The zero-order valence-electron chi connectivity index (χ0n) is 7.06. The van der Waals surface area contributed by atoms with Crippen molar-refractivity contribution in [3.8, 4) is 0 Å². The van der Waals surface area contributed by atoms with Crippen molar-refractivity contribution in [2.45, 2.75) is 33.7 Å². The highest BCUT2D eigenvalue weighted by Crippen LogP contribution is 2.35. The Hall–Kier alpha value is -0.530. The van der Waals surface area contributed by atoms with Gasteiger partial charge in [-0.2, -0.15) is 0 Å². The number of hydrogen-bond acceptors (Lipinski definition) is 1. The molecule has 10 heavy (non-hydrogen) atoms. The van der Waals surface area contributed by atoms with E-state index in [1.807, 2.05) is 6.92 Å². The topological polar surface area (TPSA) is 29.1 Å². The van der Waals surface area contributed by atoms with Crippen LogP contribution in [0.1, 0.15) is 27.7 Å². The maximum atomic E-state index is 11.1. The monoisotopic (exact) mass is 141 g/mol. The van der Waals surface area contributed by atoms with Crippen molar-refractivity contribution in [2.75, 3.05) is 0 Å². The average Bonchev–Trinajstić information content (AvgIpc) is 1.97. The van der Waals surface area contributed by atoms with Crippen LogP contribution in [0.5, 0.6) is 0 Å². The third-order valence-corrected chi connectivity index (χ3v) is 2.98. The van der Waals surface area contributed by atoms with Gasteiger partial charge in [0.15, 0.2) is 0 Å². The Labute approximate surface area is 62.0 Å². The van der Waals surface area contributed by atoms with Crippen molar-refractivity contribution in [1.29, 1.82) is 0 Å². The minimum atomic E-state index is 0.122. The van der Waals surface area contributed by atoms with Gasteiger partial charge < -0.3 is 5.32 Å². The number of rotatable bonds is 0. The molecule has 1 N–H and O–H groups in total.